The largest absolute Gasteiger partial charge is 0.272 e. The number of nitrogens with zero attached hydrogens (tertiary/aromatic N) is 1. The van der Waals surface area contributed by atoms with Crippen molar-refractivity contribution in [2.24, 2.45) is 5.92 Å². The zero-order valence-electron chi connectivity index (χ0n) is 7.43. The Labute approximate surface area is 76.5 Å². The van der Waals surface area contributed by atoms with Crippen molar-refractivity contribution in [3.8, 4) is 0 Å². The van der Waals surface area contributed by atoms with Gasteiger partial charge in [-0.25, -0.2) is 0 Å². The molecule has 1 aromatic carbocycles. The molecule has 13 heavy (non-hydrogen) atoms. The van der Waals surface area contributed by atoms with Crippen LogP contribution in [0.1, 0.15) is 24.8 Å². The van der Waals surface area contributed by atoms with Crippen LogP contribution in [0.15, 0.2) is 24.3 Å². The minimum Gasteiger partial charge on any atom is -0.258 e. The summed E-state index contributed by atoms with van der Waals surface area (Å²) in [4.78, 5) is 10.4. The first kappa shape index (κ1) is 8.23. The Balaban J connectivity index is 2.38. The maximum absolute atomic E-state index is 10.7. The third-order valence-electron chi connectivity index (χ3n) is 2.64. The summed E-state index contributed by atoms with van der Waals surface area (Å²) in [7, 11) is 0. The minimum atomic E-state index is -0.291. The van der Waals surface area contributed by atoms with Crippen LogP contribution in [-0.2, 0) is 0 Å². The number of hydrogen-bond acceptors (Lipinski definition) is 2. The van der Waals surface area contributed by atoms with Crippen LogP contribution in [0.3, 0.4) is 0 Å². The molecular weight excluding hydrogens is 166 g/mol. The van der Waals surface area contributed by atoms with Gasteiger partial charge in [0.1, 0.15) is 0 Å². The molecule has 0 radical (unpaired) electrons. The zero-order valence-corrected chi connectivity index (χ0v) is 7.43. The Bertz CT molecular complexity index is 349. The highest BCUT2D eigenvalue weighted by Crippen LogP contribution is 2.49. The fraction of sp³-hybridized carbons (Fsp3) is 0.400. The second-order valence-corrected chi connectivity index (χ2v) is 3.64. The van der Waals surface area contributed by atoms with Crippen molar-refractivity contribution in [2.75, 3.05) is 0 Å². The van der Waals surface area contributed by atoms with E-state index in [1.54, 1.807) is 12.1 Å². The molecule has 1 saturated carbocycles. The lowest BCUT2D eigenvalue weighted by atomic mass is 10.1. The van der Waals surface area contributed by atoms with E-state index in [9.17, 15) is 10.1 Å². The molecule has 0 bridgehead atoms. The van der Waals surface area contributed by atoms with Crippen LogP contribution < -0.4 is 0 Å². The first-order valence-electron chi connectivity index (χ1n) is 4.43. The molecule has 0 heterocycles. The van der Waals surface area contributed by atoms with E-state index >= 15 is 0 Å². The van der Waals surface area contributed by atoms with Crippen LogP contribution in [0.4, 0.5) is 5.69 Å². The molecule has 1 aliphatic rings. The summed E-state index contributed by atoms with van der Waals surface area (Å²) < 4.78 is 0. The van der Waals surface area contributed by atoms with Crippen LogP contribution in [0.5, 0.6) is 0 Å². The minimum absolute atomic E-state index is 0.275. The number of nitro groups is 1. The van der Waals surface area contributed by atoms with E-state index in [1.165, 1.54) is 0 Å². The summed E-state index contributed by atoms with van der Waals surface area (Å²) in [5.41, 5.74) is 1.18. The highest BCUT2D eigenvalue weighted by atomic mass is 16.6. The molecule has 2 atom stereocenters. The van der Waals surface area contributed by atoms with Gasteiger partial charge < -0.3 is 0 Å². The van der Waals surface area contributed by atoms with E-state index < -0.39 is 0 Å². The lowest BCUT2D eigenvalue weighted by molar-refractivity contribution is -0.385. The molecule has 0 N–H and O–H groups in total. The highest BCUT2D eigenvalue weighted by Gasteiger charge is 2.37. The molecule has 0 aromatic heterocycles. The quantitative estimate of drug-likeness (QED) is 0.515. The number of benzene rings is 1. The first-order chi connectivity index (χ1) is 6.20. The molecule has 1 fully saturated rings. The predicted molar refractivity (Wildman–Crippen MR) is 49.6 cm³/mol. The zero-order chi connectivity index (χ0) is 9.42. The number of hydrogen-bond donors (Lipinski definition) is 0. The van der Waals surface area contributed by atoms with Crippen LogP contribution in [-0.4, -0.2) is 4.92 Å². The lowest BCUT2D eigenvalue weighted by Gasteiger charge is -1.99. The Morgan fingerprint density at radius 3 is 2.62 bits per heavy atom. The van der Waals surface area contributed by atoms with Crippen LogP contribution in [0, 0.1) is 16.0 Å². The monoisotopic (exact) mass is 177 g/mol. The van der Waals surface area contributed by atoms with E-state index in [0.29, 0.717) is 11.8 Å². The molecule has 68 valence electrons. The van der Waals surface area contributed by atoms with E-state index in [2.05, 4.69) is 6.92 Å². The van der Waals surface area contributed by atoms with Crippen molar-refractivity contribution in [3.63, 3.8) is 0 Å². The molecule has 0 unspecified atom stereocenters. The molecule has 0 saturated heterocycles. The number of nitro benzene ring substituents is 1. The van der Waals surface area contributed by atoms with Gasteiger partial charge in [0.2, 0.25) is 0 Å². The van der Waals surface area contributed by atoms with Gasteiger partial charge in [0.05, 0.1) is 4.92 Å². The van der Waals surface area contributed by atoms with Crippen LogP contribution in [0.2, 0.25) is 0 Å². The van der Waals surface area contributed by atoms with E-state index in [0.717, 1.165) is 12.0 Å². The number of para-hydroxylation sites is 1. The Morgan fingerprint density at radius 2 is 2.08 bits per heavy atom. The lowest BCUT2D eigenvalue weighted by Crippen LogP contribution is -1.93. The smallest absolute Gasteiger partial charge is 0.258 e. The average Bonchev–Trinajstić information content (AvgIpc) is 2.82. The highest BCUT2D eigenvalue weighted by molar-refractivity contribution is 5.44. The van der Waals surface area contributed by atoms with E-state index in [4.69, 9.17) is 0 Å². The third-order valence-corrected chi connectivity index (χ3v) is 2.64. The van der Waals surface area contributed by atoms with Gasteiger partial charge >= 0.3 is 0 Å². The third kappa shape index (κ3) is 1.41. The molecule has 0 spiro atoms. The maximum Gasteiger partial charge on any atom is 0.272 e. The van der Waals surface area contributed by atoms with Gasteiger partial charge in [-0.1, -0.05) is 25.1 Å². The number of rotatable bonds is 2. The normalized spacial score (nSPS) is 25.6. The molecule has 1 aliphatic carbocycles. The fourth-order valence-electron chi connectivity index (χ4n) is 1.72. The first-order valence-corrected chi connectivity index (χ1v) is 4.43. The van der Waals surface area contributed by atoms with Gasteiger partial charge in [-0.05, 0) is 18.3 Å². The summed E-state index contributed by atoms with van der Waals surface area (Å²) in [5.74, 6) is 1.03. The Morgan fingerprint density at radius 1 is 1.46 bits per heavy atom. The Kier molecular flexibility index (Phi) is 1.79. The van der Waals surface area contributed by atoms with Crippen molar-refractivity contribution in [2.45, 2.75) is 19.3 Å². The SMILES string of the molecule is C[C@@H]1C[C@@H]1c1ccccc1[N+](=O)[O-]. The van der Waals surface area contributed by atoms with Gasteiger partial charge in [-0.2, -0.15) is 0 Å². The summed E-state index contributed by atoms with van der Waals surface area (Å²) in [6, 6.07) is 7.04. The predicted octanol–water partition coefficient (Wildman–Crippen LogP) is 2.72. The summed E-state index contributed by atoms with van der Waals surface area (Å²) in [6.07, 6.45) is 1.09. The molecule has 3 nitrogen and oxygen atoms in total. The van der Waals surface area contributed by atoms with Gasteiger partial charge in [-0.3, -0.25) is 10.1 Å². The second-order valence-electron chi connectivity index (χ2n) is 3.64. The average molecular weight is 177 g/mol. The molecular formula is C10H11NO2. The van der Waals surface area contributed by atoms with Gasteiger partial charge in [0.25, 0.3) is 5.69 Å². The van der Waals surface area contributed by atoms with Crippen LogP contribution in [0.25, 0.3) is 0 Å². The van der Waals surface area contributed by atoms with E-state index in [1.807, 2.05) is 12.1 Å². The summed E-state index contributed by atoms with van der Waals surface area (Å²) in [5, 5.41) is 10.7. The van der Waals surface area contributed by atoms with Crippen molar-refractivity contribution < 1.29 is 4.92 Å². The van der Waals surface area contributed by atoms with Crippen molar-refractivity contribution in [3.05, 3.63) is 39.9 Å². The fourth-order valence-corrected chi connectivity index (χ4v) is 1.72. The molecule has 1 aromatic rings. The van der Waals surface area contributed by atoms with Gasteiger partial charge in [-0.15, -0.1) is 0 Å². The molecule has 2 rings (SSSR count). The molecule has 0 aliphatic heterocycles. The topological polar surface area (TPSA) is 43.1 Å². The molecule has 0 amide bonds. The van der Waals surface area contributed by atoms with Gasteiger partial charge in [0.15, 0.2) is 0 Å². The summed E-state index contributed by atoms with van der Waals surface area (Å²) in [6.45, 7) is 2.13. The van der Waals surface area contributed by atoms with Crippen molar-refractivity contribution in [1.29, 1.82) is 0 Å². The van der Waals surface area contributed by atoms with Crippen molar-refractivity contribution in [1.82, 2.24) is 0 Å². The van der Waals surface area contributed by atoms with Crippen molar-refractivity contribution >= 4 is 5.69 Å². The Hall–Kier alpha value is -1.38. The second kappa shape index (κ2) is 2.83. The van der Waals surface area contributed by atoms with Gasteiger partial charge in [0, 0.05) is 11.6 Å². The standard InChI is InChI=1S/C10H11NO2/c1-7-6-9(7)8-4-2-3-5-10(8)11(12)13/h2-5,7,9H,6H2,1H3/t7-,9+/m1/s1. The molecule has 3 heteroatoms. The maximum atomic E-state index is 10.7. The van der Waals surface area contributed by atoms with E-state index in [-0.39, 0.29) is 10.6 Å². The summed E-state index contributed by atoms with van der Waals surface area (Å²) >= 11 is 0. The van der Waals surface area contributed by atoms with Crippen LogP contribution >= 0.6 is 0 Å².